The topological polar surface area (TPSA) is 89.5 Å². The molecule has 0 aromatic carbocycles. The summed E-state index contributed by atoms with van der Waals surface area (Å²) >= 11 is 0. The van der Waals surface area contributed by atoms with Gasteiger partial charge in [0.15, 0.2) is 0 Å². The standard InChI is InChI=1S/C16H22N4O2/c1-10(2)6-12(8-17)19-15(21)13-9-18-14-7-11(3)4-5-20(14)16(13)22/h4-5,7,9-10,12H,6,8,17H2,1-3H3,(H,19,21). The lowest BCUT2D eigenvalue weighted by atomic mass is 10.0. The third-order valence-corrected chi connectivity index (χ3v) is 3.49. The molecular formula is C16H22N4O2. The molecule has 2 aromatic heterocycles. The number of carbonyl (C=O) groups is 1. The predicted octanol–water partition coefficient (Wildman–Crippen LogP) is 1.11. The molecule has 0 saturated carbocycles. The molecule has 0 aliphatic rings. The van der Waals surface area contributed by atoms with Crippen LogP contribution >= 0.6 is 0 Å². The molecule has 2 rings (SSSR count). The van der Waals surface area contributed by atoms with Crippen molar-refractivity contribution in [1.82, 2.24) is 14.7 Å². The third kappa shape index (κ3) is 3.51. The summed E-state index contributed by atoms with van der Waals surface area (Å²) in [5, 5.41) is 2.81. The van der Waals surface area contributed by atoms with Crippen LogP contribution in [-0.2, 0) is 0 Å². The van der Waals surface area contributed by atoms with Gasteiger partial charge in [-0.25, -0.2) is 4.98 Å². The maximum atomic E-state index is 12.4. The molecule has 2 aromatic rings. The molecule has 1 atom stereocenters. The minimum atomic E-state index is -0.427. The Balaban J connectivity index is 2.30. The van der Waals surface area contributed by atoms with Gasteiger partial charge >= 0.3 is 0 Å². The molecule has 1 amide bonds. The first kappa shape index (κ1) is 16.2. The Labute approximate surface area is 129 Å². The highest BCUT2D eigenvalue weighted by Crippen LogP contribution is 2.05. The average Bonchev–Trinajstić information content (AvgIpc) is 2.46. The number of aromatic nitrogens is 2. The van der Waals surface area contributed by atoms with Crippen molar-refractivity contribution >= 4 is 11.6 Å². The molecular weight excluding hydrogens is 280 g/mol. The van der Waals surface area contributed by atoms with Gasteiger partial charge in [0, 0.05) is 25.0 Å². The van der Waals surface area contributed by atoms with E-state index in [0.29, 0.717) is 18.1 Å². The Kier molecular flexibility index (Phi) is 4.92. The van der Waals surface area contributed by atoms with Gasteiger partial charge in [0.1, 0.15) is 11.2 Å². The van der Waals surface area contributed by atoms with E-state index in [9.17, 15) is 9.59 Å². The van der Waals surface area contributed by atoms with Gasteiger partial charge in [-0.3, -0.25) is 14.0 Å². The Morgan fingerprint density at radius 3 is 2.82 bits per heavy atom. The van der Waals surface area contributed by atoms with Gasteiger partial charge in [-0.05, 0) is 37.0 Å². The van der Waals surface area contributed by atoms with Gasteiger partial charge in [0.2, 0.25) is 0 Å². The summed E-state index contributed by atoms with van der Waals surface area (Å²) in [7, 11) is 0. The molecule has 1 unspecified atom stereocenters. The second-order valence-corrected chi connectivity index (χ2v) is 5.94. The second-order valence-electron chi connectivity index (χ2n) is 5.94. The summed E-state index contributed by atoms with van der Waals surface area (Å²) in [5.41, 5.74) is 6.87. The molecule has 6 nitrogen and oxygen atoms in total. The highest BCUT2D eigenvalue weighted by Gasteiger charge is 2.17. The number of fused-ring (bicyclic) bond motifs is 1. The molecule has 0 bridgehead atoms. The summed E-state index contributed by atoms with van der Waals surface area (Å²) in [5.74, 6) is -0.0174. The van der Waals surface area contributed by atoms with Crippen molar-refractivity contribution in [2.75, 3.05) is 6.54 Å². The van der Waals surface area contributed by atoms with Crippen LogP contribution in [0.4, 0.5) is 0 Å². The van der Waals surface area contributed by atoms with E-state index in [-0.39, 0.29) is 17.2 Å². The van der Waals surface area contributed by atoms with Gasteiger partial charge in [-0.15, -0.1) is 0 Å². The molecule has 0 fully saturated rings. The number of nitrogens with two attached hydrogens (primary N) is 1. The molecule has 0 radical (unpaired) electrons. The third-order valence-electron chi connectivity index (χ3n) is 3.49. The van der Waals surface area contributed by atoms with Crippen LogP contribution in [0.2, 0.25) is 0 Å². The average molecular weight is 302 g/mol. The summed E-state index contributed by atoms with van der Waals surface area (Å²) in [6.45, 7) is 6.38. The normalized spacial score (nSPS) is 12.6. The maximum Gasteiger partial charge on any atom is 0.270 e. The number of nitrogens with one attached hydrogen (secondary N) is 1. The van der Waals surface area contributed by atoms with E-state index in [1.807, 2.05) is 6.92 Å². The Morgan fingerprint density at radius 2 is 2.18 bits per heavy atom. The van der Waals surface area contributed by atoms with Crippen molar-refractivity contribution in [3.63, 3.8) is 0 Å². The Hall–Kier alpha value is -2.21. The zero-order valence-corrected chi connectivity index (χ0v) is 13.2. The Morgan fingerprint density at radius 1 is 1.45 bits per heavy atom. The summed E-state index contributed by atoms with van der Waals surface area (Å²) in [6, 6.07) is 3.45. The first-order chi connectivity index (χ1) is 10.4. The molecule has 3 N–H and O–H groups in total. The van der Waals surface area contributed by atoms with E-state index in [2.05, 4.69) is 24.1 Å². The van der Waals surface area contributed by atoms with Gasteiger partial charge in [-0.2, -0.15) is 0 Å². The Bertz CT molecular complexity index is 736. The lowest BCUT2D eigenvalue weighted by Gasteiger charge is -2.18. The zero-order valence-electron chi connectivity index (χ0n) is 13.2. The molecule has 22 heavy (non-hydrogen) atoms. The van der Waals surface area contributed by atoms with Gasteiger partial charge in [0.25, 0.3) is 11.5 Å². The highest BCUT2D eigenvalue weighted by atomic mass is 16.2. The number of nitrogens with zero attached hydrogens (tertiary/aromatic N) is 2. The molecule has 0 saturated heterocycles. The van der Waals surface area contributed by atoms with Crippen molar-refractivity contribution in [1.29, 1.82) is 0 Å². The smallest absolute Gasteiger partial charge is 0.270 e. The van der Waals surface area contributed by atoms with Crippen LogP contribution in [0, 0.1) is 12.8 Å². The van der Waals surface area contributed by atoms with Crippen LogP contribution in [-0.4, -0.2) is 27.9 Å². The molecule has 2 heterocycles. The summed E-state index contributed by atoms with van der Waals surface area (Å²) in [6.07, 6.45) is 3.73. The van der Waals surface area contributed by atoms with E-state index >= 15 is 0 Å². The molecule has 0 aliphatic heterocycles. The van der Waals surface area contributed by atoms with Gasteiger partial charge in [-0.1, -0.05) is 13.8 Å². The quantitative estimate of drug-likeness (QED) is 0.865. The first-order valence-corrected chi connectivity index (χ1v) is 7.41. The molecule has 6 heteroatoms. The second kappa shape index (κ2) is 6.70. The fraction of sp³-hybridized carbons (Fsp3) is 0.438. The van der Waals surface area contributed by atoms with Crippen LogP contribution in [0.1, 0.15) is 36.2 Å². The van der Waals surface area contributed by atoms with Crippen LogP contribution in [0.3, 0.4) is 0 Å². The lowest BCUT2D eigenvalue weighted by Crippen LogP contribution is -2.43. The number of carbonyl (C=O) groups excluding carboxylic acids is 1. The van der Waals surface area contributed by atoms with Crippen molar-refractivity contribution in [2.45, 2.75) is 33.2 Å². The summed E-state index contributed by atoms with van der Waals surface area (Å²) < 4.78 is 1.38. The first-order valence-electron chi connectivity index (χ1n) is 7.41. The lowest BCUT2D eigenvalue weighted by molar-refractivity contribution is 0.0931. The van der Waals surface area contributed by atoms with Crippen molar-refractivity contribution in [3.8, 4) is 0 Å². The molecule has 0 spiro atoms. The van der Waals surface area contributed by atoms with Gasteiger partial charge < -0.3 is 11.1 Å². The van der Waals surface area contributed by atoms with Crippen LogP contribution in [0.5, 0.6) is 0 Å². The summed E-state index contributed by atoms with van der Waals surface area (Å²) in [4.78, 5) is 28.9. The number of hydrogen-bond acceptors (Lipinski definition) is 4. The van der Waals surface area contributed by atoms with Crippen molar-refractivity contribution in [3.05, 3.63) is 46.0 Å². The van der Waals surface area contributed by atoms with Crippen LogP contribution < -0.4 is 16.6 Å². The highest BCUT2D eigenvalue weighted by molar-refractivity contribution is 5.93. The fourth-order valence-electron chi connectivity index (χ4n) is 2.38. The van der Waals surface area contributed by atoms with E-state index in [1.165, 1.54) is 10.6 Å². The number of rotatable bonds is 5. The minimum Gasteiger partial charge on any atom is -0.348 e. The number of amides is 1. The van der Waals surface area contributed by atoms with E-state index in [0.717, 1.165) is 12.0 Å². The number of aryl methyl sites for hydroxylation is 1. The van der Waals surface area contributed by atoms with E-state index in [1.54, 1.807) is 18.3 Å². The molecule has 0 aliphatic carbocycles. The largest absolute Gasteiger partial charge is 0.348 e. The number of pyridine rings is 1. The van der Waals surface area contributed by atoms with E-state index < -0.39 is 5.91 Å². The molecule has 118 valence electrons. The zero-order chi connectivity index (χ0) is 16.3. The van der Waals surface area contributed by atoms with Crippen LogP contribution in [0.15, 0.2) is 29.3 Å². The minimum absolute atomic E-state index is 0.0311. The predicted molar refractivity (Wildman–Crippen MR) is 86.0 cm³/mol. The fourth-order valence-corrected chi connectivity index (χ4v) is 2.38. The van der Waals surface area contributed by atoms with Crippen LogP contribution in [0.25, 0.3) is 5.65 Å². The monoisotopic (exact) mass is 302 g/mol. The van der Waals surface area contributed by atoms with Crippen molar-refractivity contribution in [2.24, 2.45) is 11.7 Å². The maximum absolute atomic E-state index is 12.4. The number of hydrogen-bond donors (Lipinski definition) is 2. The van der Waals surface area contributed by atoms with E-state index in [4.69, 9.17) is 5.73 Å². The van der Waals surface area contributed by atoms with Gasteiger partial charge in [0.05, 0.1) is 0 Å². The SMILES string of the molecule is Cc1ccn2c(=O)c(C(=O)NC(CN)CC(C)C)cnc2c1. The van der Waals surface area contributed by atoms with Crippen molar-refractivity contribution < 1.29 is 4.79 Å².